The summed E-state index contributed by atoms with van der Waals surface area (Å²) in [6.07, 6.45) is 2.55. The zero-order valence-corrected chi connectivity index (χ0v) is 15.5. The molecule has 0 saturated heterocycles. The Hall–Kier alpha value is -0.170. The lowest BCUT2D eigenvalue weighted by Crippen LogP contribution is -2.48. The van der Waals surface area contributed by atoms with Gasteiger partial charge in [-0.1, -0.05) is 34.6 Å². The molecule has 0 aromatic heterocycles. The zero-order chi connectivity index (χ0) is 16.5. The van der Waals surface area contributed by atoms with Crippen LogP contribution in [-0.2, 0) is 10.2 Å². The molecule has 0 heterocycles. The van der Waals surface area contributed by atoms with Crippen LogP contribution in [0.1, 0.15) is 53.9 Å². The quantitative estimate of drug-likeness (QED) is 0.561. The molecule has 0 fully saturated rings. The predicted molar refractivity (Wildman–Crippen MR) is 90.6 cm³/mol. The molecule has 0 aromatic rings. The maximum absolute atomic E-state index is 12.8. The maximum atomic E-state index is 12.8. The van der Waals surface area contributed by atoms with Gasteiger partial charge in [0.25, 0.3) is 10.2 Å². The largest absolute Gasteiger partial charge is 0.317 e. The van der Waals surface area contributed by atoms with Gasteiger partial charge in [0.05, 0.1) is 0 Å². The van der Waals surface area contributed by atoms with Crippen LogP contribution in [0.25, 0.3) is 0 Å². The van der Waals surface area contributed by atoms with Gasteiger partial charge in [-0.05, 0) is 38.3 Å². The maximum Gasteiger partial charge on any atom is 0.281 e. The Labute approximate surface area is 132 Å². The zero-order valence-electron chi connectivity index (χ0n) is 14.7. The molecule has 0 unspecified atom stereocenters. The SMILES string of the molecule is CCNCCCN(C)S(=O)(=O)N(CC(C)C)C(CC)CC. The molecule has 0 saturated carbocycles. The first kappa shape index (κ1) is 20.8. The normalized spacial score (nSPS) is 13.0. The van der Waals surface area contributed by atoms with Crippen LogP contribution in [0.15, 0.2) is 0 Å². The third-order valence-corrected chi connectivity index (χ3v) is 5.67. The molecule has 0 spiro atoms. The molecule has 0 aromatic carbocycles. The van der Waals surface area contributed by atoms with Crippen LogP contribution in [0.5, 0.6) is 0 Å². The van der Waals surface area contributed by atoms with E-state index in [1.165, 1.54) is 4.31 Å². The van der Waals surface area contributed by atoms with Crippen LogP contribution in [0, 0.1) is 5.92 Å². The van der Waals surface area contributed by atoms with Crippen LogP contribution in [0.2, 0.25) is 0 Å². The standard InChI is InChI=1S/C15H35N3O2S/c1-7-15(8-2)18(13-14(4)5)21(19,20)17(6)12-10-11-16-9-3/h14-16H,7-13H2,1-6H3. The van der Waals surface area contributed by atoms with Gasteiger partial charge in [-0.3, -0.25) is 0 Å². The van der Waals surface area contributed by atoms with Crippen LogP contribution < -0.4 is 5.32 Å². The van der Waals surface area contributed by atoms with Crippen molar-refractivity contribution in [3.8, 4) is 0 Å². The average molecular weight is 322 g/mol. The summed E-state index contributed by atoms with van der Waals surface area (Å²) in [5.41, 5.74) is 0. The van der Waals surface area contributed by atoms with E-state index in [0.29, 0.717) is 19.0 Å². The number of nitrogens with one attached hydrogen (secondary N) is 1. The molecule has 5 nitrogen and oxygen atoms in total. The molecule has 0 atom stereocenters. The van der Waals surface area contributed by atoms with Crippen LogP contribution in [-0.4, -0.2) is 56.3 Å². The highest BCUT2D eigenvalue weighted by atomic mass is 32.2. The molecular weight excluding hydrogens is 286 g/mol. The fourth-order valence-electron chi connectivity index (χ4n) is 2.39. The molecule has 0 radical (unpaired) electrons. The third kappa shape index (κ3) is 7.08. The van der Waals surface area contributed by atoms with Crippen LogP contribution in [0.3, 0.4) is 0 Å². The van der Waals surface area contributed by atoms with Gasteiger partial charge in [0, 0.05) is 26.2 Å². The average Bonchev–Trinajstić information content (AvgIpc) is 2.43. The second-order valence-electron chi connectivity index (χ2n) is 5.97. The number of hydrogen-bond acceptors (Lipinski definition) is 3. The fraction of sp³-hybridized carbons (Fsp3) is 1.00. The number of hydrogen-bond donors (Lipinski definition) is 1. The number of rotatable bonds is 12. The lowest BCUT2D eigenvalue weighted by atomic mass is 10.1. The molecule has 0 aliphatic carbocycles. The molecule has 21 heavy (non-hydrogen) atoms. The van der Waals surface area contributed by atoms with Crippen molar-refractivity contribution < 1.29 is 8.42 Å². The van der Waals surface area contributed by atoms with Crippen LogP contribution in [0.4, 0.5) is 0 Å². The van der Waals surface area contributed by atoms with Gasteiger partial charge in [0.15, 0.2) is 0 Å². The van der Waals surface area contributed by atoms with Gasteiger partial charge in [-0.2, -0.15) is 17.0 Å². The van der Waals surface area contributed by atoms with E-state index in [-0.39, 0.29) is 6.04 Å². The summed E-state index contributed by atoms with van der Waals surface area (Å²) >= 11 is 0. The van der Waals surface area contributed by atoms with Gasteiger partial charge in [-0.25, -0.2) is 0 Å². The van der Waals surface area contributed by atoms with E-state index in [9.17, 15) is 8.42 Å². The minimum absolute atomic E-state index is 0.0913. The first-order valence-electron chi connectivity index (χ1n) is 8.24. The molecular formula is C15H35N3O2S. The minimum atomic E-state index is -3.37. The van der Waals surface area contributed by atoms with Crippen molar-refractivity contribution in [1.82, 2.24) is 13.9 Å². The third-order valence-electron chi connectivity index (χ3n) is 3.66. The van der Waals surface area contributed by atoms with E-state index in [0.717, 1.165) is 32.4 Å². The van der Waals surface area contributed by atoms with Gasteiger partial charge >= 0.3 is 0 Å². The Morgan fingerprint density at radius 3 is 2.10 bits per heavy atom. The molecule has 0 amide bonds. The van der Waals surface area contributed by atoms with Crippen molar-refractivity contribution in [1.29, 1.82) is 0 Å². The van der Waals surface area contributed by atoms with Crippen molar-refractivity contribution in [2.24, 2.45) is 5.92 Å². The second-order valence-corrected chi connectivity index (χ2v) is 7.96. The minimum Gasteiger partial charge on any atom is -0.317 e. The number of nitrogens with zero attached hydrogens (tertiary/aromatic N) is 2. The van der Waals surface area contributed by atoms with Crippen molar-refractivity contribution in [3.05, 3.63) is 0 Å². The van der Waals surface area contributed by atoms with Gasteiger partial charge in [-0.15, -0.1) is 0 Å². The molecule has 0 bridgehead atoms. The highest BCUT2D eigenvalue weighted by Crippen LogP contribution is 2.18. The van der Waals surface area contributed by atoms with E-state index < -0.39 is 10.2 Å². The summed E-state index contributed by atoms with van der Waals surface area (Å²) < 4.78 is 28.8. The van der Waals surface area contributed by atoms with Crippen LogP contribution >= 0.6 is 0 Å². The van der Waals surface area contributed by atoms with E-state index in [4.69, 9.17) is 0 Å². The van der Waals surface area contributed by atoms with E-state index in [1.807, 2.05) is 0 Å². The summed E-state index contributed by atoms with van der Waals surface area (Å²) in [5.74, 6) is 0.329. The highest BCUT2D eigenvalue weighted by molar-refractivity contribution is 7.86. The van der Waals surface area contributed by atoms with Crippen molar-refractivity contribution >= 4 is 10.2 Å². The molecule has 1 N–H and O–H groups in total. The summed E-state index contributed by atoms with van der Waals surface area (Å²) in [6, 6.07) is 0.0913. The van der Waals surface area contributed by atoms with Gasteiger partial charge in [0.2, 0.25) is 0 Å². The van der Waals surface area contributed by atoms with Gasteiger partial charge in [0.1, 0.15) is 0 Å². The van der Waals surface area contributed by atoms with Crippen molar-refractivity contribution in [3.63, 3.8) is 0 Å². The highest BCUT2D eigenvalue weighted by Gasteiger charge is 2.31. The summed E-state index contributed by atoms with van der Waals surface area (Å²) in [4.78, 5) is 0. The van der Waals surface area contributed by atoms with Crippen molar-refractivity contribution in [2.75, 3.05) is 33.2 Å². The van der Waals surface area contributed by atoms with Gasteiger partial charge < -0.3 is 5.32 Å². The Morgan fingerprint density at radius 1 is 1.10 bits per heavy atom. The smallest absolute Gasteiger partial charge is 0.281 e. The lowest BCUT2D eigenvalue weighted by molar-refractivity contribution is 0.256. The second kappa shape index (κ2) is 10.5. The monoisotopic (exact) mass is 321 g/mol. The molecule has 6 heteroatoms. The van der Waals surface area contributed by atoms with E-state index in [1.54, 1.807) is 11.4 Å². The Kier molecular flexibility index (Phi) is 10.5. The summed E-state index contributed by atoms with van der Waals surface area (Å²) in [7, 11) is -1.68. The molecule has 0 aliphatic rings. The lowest BCUT2D eigenvalue weighted by Gasteiger charge is -2.34. The summed E-state index contributed by atoms with van der Waals surface area (Å²) in [5, 5.41) is 3.23. The topological polar surface area (TPSA) is 52.7 Å². The first-order valence-corrected chi connectivity index (χ1v) is 9.64. The molecule has 0 aliphatic heterocycles. The van der Waals surface area contributed by atoms with Crippen molar-refractivity contribution in [2.45, 2.75) is 59.9 Å². The molecule has 0 rings (SSSR count). The first-order chi connectivity index (χ1) is 9.81. The van der Waals surface area contributed by atoms with E-state index >= 15 is 0 Å². The Morgan fingerprint density at radius 2 is 1.67 bits per heavy atom. The predicted octanol–water partition coefficient (Wildman–Crippen LogP) is 2.31. The van der Waals surface area contributed by atoms with E-state index in [2.05, 4.69) is 39.9 Å². The fourth-order valence-corrected chi connectivity index (χ4v) is 4.26. The molecule has 128 valence electrons. The summed E-state index contributed by atoms with van der Waals surface area (Å²) in [6.45, 7) is 13.2. The Balaban J connectivity index is 4.90. The Bertz CT molecular complexity index is 354.